The summed E-state index contributed by atoms with van der Waals surface area (Å²) in [5.74, 6) is 0.722. The van der Waals surface area contributed by atoms with Gasteiger partial charge in [-0.25, -0.2) is 4.98 Å². The third-order valence-corrected chi connectivity index (χ3v) is 4.43. The van der Waals surface area contributed by atoms with Gasteiger partial charge in [-0.15, -0.1) is 11.3 Å². The van der Waals surface area contributed by atoms with Crippen LogP contribution in [-0.4, -0.2) is 16.9 Å². The van der Waals surface area contributed by atoms with Crippen LogP contribution in [0.2, 0.25) is 0 Å². The zero-order valence-electron chi connectivity index (χ0n) is 11.0. The second-order valence-electron chi connectivity index (χ2n) is 5.11. The Hall–Kier alpha value is -1.66. The van der Waals surface area contributed by atoms with Crippen LogP contribution in [-0.2, 0) is 11.3 Å². The number of hydrogen-bond donors (Lipinski definition) is 2. The van der Waals surface area contributed by atoms with E-state index in [1.807, 2.05) is 17.5 Å². The van der Waals surface area contributed by atoms with Crippen LogP contribution in [0.1, 0.15) is 25.0 Å². The maximum absolute atomic E-state index is 12.0. The van der Waals surface area contributed by atoms with E-state index in [1.165, 1.54) is 0 Å². The van der Waals surface area contributed by atoms with Gasteiger partial charge in [-0.05, 0) is 30.7 Å². The van der Waals surface area contributed by atoms with Gasteiger partial charge in [-0.1, -0.05) is 6.07 Å². The molecule has 2 heterocycles. The second kappa shape index (κ2) is 5.76. The van der Waals surface area contributed by atoms with Gasteiger partial charge in [0, 0.05) is 12.0 Å². The van der Waals surface area contributed by atoms with Gasteiger partial charge >= 0.3 is 0 Å². The minimum absolute atomic E-state index is 0.0497. The van der Waals surface area contributed by atoms with Gasteiger partial charge in [0.1, 0.15) is 6.26 Å². The number of nitrogens with zero attached hydrogens (tertiary/aromatic N) is 1. The van der Waals surface area contributed by atoms with Crippen molar-refractivity contribution in [3.8, 4) is 10.8 Å². The third kappa shape index (κ3) is 2.91. The number of nitrogens with one attached hydrogen (secondary N) is 1. The van der Waals surface area contributed by atoms with Crippen LogP contribution in [0.3, 0.4) is 0 Å². The monoisotopic (exact) mass is 291 g/mol. The number of amides is 1. The van der Waals surface area contributed by atoms with Crippen LogP contribution in [0.4, 0.5) is 0 Å². The summed E-state index contributed by atoms with van der Waals surface area (Å²) >= 11 is 1.58. The number of rotatable bonds is 4. The van der Waals surface area contributed by atoms with Gasteiger partial charge in [0.05, 0.1) is 17.1 Å². The van der Waals surface area contributed by atoms with Crippen molar-refractivity contribution in [1.29, 1.82) is 0 Å². The van der Waals surface area contributed by atoms with Crippen LogP contribution < -0.4 is 11.1 Å². The Morgan fingerprint density at radius 1 is 1.55 bits per heavy atom. The fourth-order valence-electron chi connectivity index (χ4n) is 2.48. The topological polar surface area (TPSA) is 81.2 Å². The van der Waals surface area contributed by atoms with Crippen molar-refractivity contribution in [3.63, 3.8) is 0 Å². The standard InChI is InChI=1S/C14H17N3O2S/c15-10-4-3-9(6-10)13(18)16-7-11-8-19-14(17-11)12-2-1-5-20-12/h1-2,5,8-10H,3-4,6-7,15H2,(H,16,18). The molecule has 2 aromatic heterocycles. The van der Waals surface area contributed by atoms with E-state index in [0.717, 1.165) is 29.8 Å². The maximum atomic E-state index is 12.0. The Morgan fingerprint density at radius 2 is 2.45 bits per heavy atom. The van der Waals surface area contributed by atoms with Crippen LogP contribution in [0.15, 0.2) is 28.2 Å². The van der Waals surface area contributed by atoms with Gasteiger partial charge < -0.3 is 15.5 Å². The van der Waals surface area contributed by atoms with Crippen LogP contribution in [0, 0.1) is 5.92 Å². The lowest BCUT2D eigenvalue weighted by Gasteiger charge is -2.09. The first-order chi connectivity index (χ1) is 9.72. The van der Waals surface area contributed by atoms with Gasteiger partial charge in [0.15, 0.2) is 0 Å². The van der Waals surface area contributed by atoms with Crippen LogP contribution in [0.25, 0.3) is 10.8 Å². The SMILES string of the molecule is NC1CCC(C(=O)NCc2coc(-c3cccs3)n2)C1. The zero-order chi connectivity index (χ0) is 13.9. The van der Waals surface area contributed by atoms with E-state index in [-0.39, 0.29) is 17.9 Å². The first-order valence-electron chi connectivity index (χ1n) is 6.74. The minimum Gasteiger partial charge on any atom is -0.443 e. The number of nitrogens with two attached hydrogens (primary N) is 1. The Balaban J connectivity index is 1.55. The maximum Gasteiger partial charge on any atom is 0.236 e. The normalized spacial score (nSPS) is 22.1. The molecule has 6 heteroatoms. The van der Waals surface area contributed by atoms with Crippen molar-refractivity contribution in [3.05, 3.63) is 29.5 Å². The molecule has 2 aromatic rings. The molecule has 0 spiro atoms. The number of carbonyl (C=O) groups is 1. The largest absolute Gasteiger partial charge is 0.443 e. The van der Waals surface area contributed by atoms with E-state index in [4.69, 9.17) is 10.2 Å². The summed E-state index contributed by atoms with van der Waals surface area (Å²) < 4.78 is 5.41. The molecule has 2 unspecified atom stereocenters. The number of thiophene rings is 1. The number of hydrogen-bond acceptors (Lipinski definition) is 5. The predicted molar refractivity (Wildman–Crippen MR) is 77.0 cm³/mol. The van der Waals surface area contributed by atoms with E-state index in [2.05, 4.69) is 10.3 Å². The van der Waals surface area contributed by atoms with Crippen LogP contribution >= 0.6 is 11.3 Å². The Morgan fingerprint density at radius 3 is 3.15 bits per heavy atom. The minimum atomic E-state index is 0.0497. The summed E-state index contributed by atoms with van der Waals surface area (Å²) in [7, 11) is 0. The fraction of sp³-hybridized carbons (Fsp3) is 0.429. The smallest absolute Gasteiger partial charge is 0.236 e. The first kappa shape index (κ1) is 13.3. The Labute approximate surface area is 121 Å². The van der Waals surface area contributed by atoms with Crippen molar-refractivity contribution >= 4 is 17.2 Å². The molecular weight excluding hydrogens is 274 g/mol. The quantitative estimate of drug-likeness (QED) is 0.904. The molecule has 1 aliphatic rings. The molecule has 1 saturated carbocycles. The van der Waals surface area contributed by atoms with Gasteiger partial charge in [0.2, 0.25) is 11.8 Å². The molecule has 0 radical (unpaired) electrons. The summed E-state index contributed by atoms with van der Waals surface area (Å²) in [5.41, 5.74) is 6.56. The van der Waals surface area contributed by atoms with Gasteiger partial charge in [-0.3, -0.25) is 4.79 Å². The molecule has 3 rings (SSSR count). The summed E-state index contributed by atoms with van der Waals surface area (Å²) in [6.45, 7) is 0.402. The Bertz CT molecular complexity index is 579. The van der Waals surface area contributed by atoms with Crippen molar-refractivity contribution in [2.75, 3.05) is 0 Å². The molecular formula is C14H17N3O2S. The molecule has 0 aromatic carbocycles. The lowest BCUT2D eigenvalue weighted by Crippen LogP contribution is -2.30. The fourth-order valence-corrected chi connectivity index (χ4v) is 3.13. The Kier molecular flexibility index (Phi) is 3.84. The van der Waals surface area contributed by atoms with E-state index < -0.39 is 0 Å². The van der Waals surface area contributed by atoms with Gasteiger partial charge in [-0.2, -0.15) is 0 Å². The molecule has 1 amide bonds. The highest BCUT2D eigenvalue weighted by molar-refractivity contribution is 7.13. The molecule has 20 heavy (non-hydrogen) atoms. The second-order valence-corrected chi connectivity index (χ2v) is 6.06. The van der Waals surface area contributed by atoms with Gasteiger partial charge in [0.25, 0.3) is 0 Å². The molecule has 0 saturated heterocycles. The van der Waals surface area contributed by atoms with E-state index in [9.17, 15) is 4.79 Å². The highest BCUT2D eigenvalue weighted by atomic mass is 32.1. The summed E-state index contributed by atoms with van der Waals surface area (Å²) in [5, 5.41) is 4.88. The molecule has 0 bridgehead atoms. The molecule has 1 fully saturated rings. The summed E-state index contributed by atoms with van der Waals surface area (Å²) in [6, 6.07) is 4.08. The molecule has 0 aliphatic heterocycles. The van der Waals surface area contributed by atoms with Crippen molar-refractivity contribution in [2.24, 2.45) is 11.7 Å². The summed E-state index contributed by atoms with van der Waals surface area (Å²) in [6.07, 6.45) is 4.19. The highest BCUT2D eigenvalue weighted by Crippen LogP contribution is 2.25. The van der Waals surface area contributed by atoms with Crippen molar-refractivity contribution in [1.82, 2.24) is 10.3 Å². The third-order valence-electron chi connectivity index (χ3n) is 3.57. The molecule has 2 atom stereocenters. The molecule has 3 N–H and O–H groups in total. The van der Waals surface area contributed by atoms with Crippen LogP contribution in [0.5, 0.6) is 0 Å². The van der Waals surface area contributed by atoms with E-state index in [0.29, 0.717) is 12.4 Å². The average molecular weight is 291 g/mol. The zero-order valence-corrected chi connectivity index (χ0v) is 11.9. The van der Waals surface area contributed by atoms with E-state index >= 15 is 0 Å². The van der Waals surface area contributed by atoms with E-state index in [1.54, 1.807) is 17.6 Å². The molecule has 106 valence electrons. The number of oxazole rings is 1. The van der Waals surface area contributed by atoms with Crippen molar-refractivity contribution in [2.45, 2.75) is 31.8 Å². The van der Waals surface area contributed by atoms with Crippen molar-refractivity contribution < 1.29 is 9.21 Å². The molecule has 1 aliphatic carbocycles. The summed E-state index contributed by atoms with van der Waals surface area (Å²) in [4.78, 5) is 17.3. The molecule has 5 nitrogen and oxygen atoms in total. The number of aromatic nitrogens is 1. The average Bonchev–Trinajstić information content (AvgIpc) is 3.16. The number of carbonyl (C=O) groups excluding carboxylic acids is 1. The predicted octanol–water partition coefficient (Wildman–Crippen LogP) is 2.15. The first-order valence-corrected chi connectivity index (χ1v) is 7.62. The lowest BCUT2D eigenvalue weighted by atomic mass is 10.1. The lowest BCUT2D eigenvalue weighted by molar-refractivity contribution is -0.125. The highest BCUT2D eigenvalue weighted by Gasteiger charge is 2.27.